The monoisotopic (exact) mass is 394 g/mol. The SMILES string of the molecule is Cc1ccc([C@@H]2Oc3ccc(Cl)cc3[C@@H]3CC(c4cccs4)=NN32)c(C)c1. The molecular weight excluding hydrogens is 376 g/mol. The van der Waals surface area contributed by atoms with E-state index in [4.69, 9.17) is 21.4 Å². The molecule has 2 aliphatic rings. The van der Waals surface area contributed by atoms with E-state index in [-0.39, 0.29) is 12.3 Å². The van der Waals surface area contributed by atoms with Crippen LogP contribution in [0.15, 0.2) is 59.0 Å². The topological polar surface area (TPSA) is 24.8 Å². The average molecular weight is 395 g/mol. The van der Waals surface area contributed by atoms with E-state index in [9.17, 15) is 0 Å². The Labute approximate surface area is 167 Å². The molecule has 0 saturated carbocycles. The fraction of sp³-hybridized carbons (Fsp3) is 0.227. The summed E-state index contributed by atoms with van der Waals surface area (Å²) in [5, 5.41) is 9.94. The van der Waals surface area contributed by atoms with Gasteiger partial charge in [-0.3, -0.25) is 0 Å². The number of hydrazone groups is 1. The first-order valence-corrected chi connectivity index (χ1v) is 10.3. The van der Waals surface area contributed by atoms with Gasteiger partial charge < -0.3 is 4.74 Å². The van der Waals surface area contributed by atoms with Crippen molar-refractivity contribution in [2.45, 2.75) is 32.5 Å². The molecule has 3 aromatic rings. The highest BCUT2D eigenvalue weighted by atomic mass is 35.5. The molecule has 0 spiro atoms. The second-order valence-electron chi connectivity index (χ2n) is 7.14. The van der Waals surface area contributed by atoms with Crippen molar-refractivity contribution in [1.82, 2.24) is 5.01 Å². The Morgan fingerprint density at radius 2 is 2.00 bits per heavy atom. The van der Waals surface area contributed by atoms with Gasteiger partial charge in [0, 0.05) is 22.6 Å². The summed E-state index contributed by atoms with van der Waals surface area (Å²) in [6.07, 6.45) is 0.625. The molecule has 3 heterocycles. The molecule has 0 bridgehead atoms. The van der Waals surface area contributed by atoms with Crippen LogP contribution in [0.4, 0.5) is 0 Å². The minimum atomic E-state index is -0.235. The van der Waals surface area contributed by atoms with Crippen molar-refractivity contribution in [2.24, 2.45) is 5.10 Å². The van der Waals surface area contributed by atoms with Crippen LogP contribution in [0.3, 0.4) is 0 Å². The van der Waals surface area contributed by atoms with Gasteiger partial charge in [-0.25, -0.2) is 5.01 Å². The summed E-state index contributed by atoms with van der Waals surface area (Å²) >= 11 is 8.02. The van der Waals surface area contributed by atoms with Crippen molar-refractivity contribution in [1.29, 1.82) is 0 Å². The third kappa shape index (κ3) is 2.84. The Hall–Kier alpha value is -2.30. The van der Waals surface area contributed by atoms with Crippen molar-refractivity contribution in [3.8, 4) is 5.75 Å². The fourth-order valence-corrected chi connectivity index (χ4v) is 4.86. The van der Waals surface area contributed by atoms with Crippen LogP contribution in [-0.2, 0) is 0 Å². The molecule has 2 aliphatic heterocycles. The highest BCUT2D eigenvalue weighted by molar-refractivity contribution is 7.12. The minimum Gasteiger partial charge on any atom is -0.464 e. The molecule has 0 unspecified atom stereocenters. The predicted molar refractivity (Wildman–Crippen MR) is 111 cm³/mol. The van der Waals surface area contributed by atoms with Crippen LogP contribution in [0.25, 0.3) is 0 Å². The molecule has 0 aliphatic carbocycles. The third-order valence-electron chi connectivity index (χ3n) is 5.25. The van der Waals surface area contributed by atoms with Crippen LogP contribution in [0, 0.1) is 13.8 Å². The molecule has 5 rings (SSSR count). The van der Waals surface area contributed by atoms with Gasteiger partial charge in [0.25, 0.3) is 0 Å². The lowest BCUT2D eigenvalue weighted by molar-refractivity contribution is -0.0194. The van der Waals surface area contributed by atoms with E-state index in [1.807, 2.05) is 18.2 Å². The number of hydrogen-bond acceptors (Lipinski definition) is 4. The second kappa shape index (κ2) is 6.39. The Kier molecular flexibility index (Phi) is 3.99. The van der Waals surface area contributed by atoms with Crippen LogP contribution >= 0.6 is 22.9 Å². The second-order valence-corrected chi connectivity index (χ2v) is 8.52. The van der Waals surface area contributed by atoms with Gasteiger partial charge in [0.05, 0.1) is 16.6 Å². The zero-order valence-corrected chi connectivity index (χ0v) is 16.7. The smallest absolute Gasteiger partial charge is 0.214 e. The predicted octanol–water partition coefficient (Wildman–Crippen LogP) is 6.26. The molecule has 0 N–H and O–H groups in total. The van der Waals surface area contributed by atoms with E-state index in [0.29, 0.717) is 0 Å². The van der Waals surface area contributed by atoms with Crippen molar-refractivity contribution in [2.75, 3.05) is 0 Å². The van der Waals surface area contributed by atoms with E-state index >= 15 is 0 Å². The van der Waals surface area contributed by atoms with E-state index in [1.165, 1.54) is 16.0 Å². The molecule has 0 amide bonds. The molecule has 0 radical (unpaired) electrons. The zero-order chi connectivity index (χ0) is 18.5. The van der Waals surface area contributed by atoms with E-state index in [0.717, 1.165) is 34.0 Å². The summed E-state index contributed by atoms with van der Waals surface area (Å²) in [5.74, 6) is 0.897. The molecule has 136 valence electrons. The number of fused-ring (bicyclic) bond motifs is 3. The Morgan fingerprint density at radius 1 is 1.11 bits per heavy atom. The first-order valence-electron chi connectivity index (χ1n) is 9.03. The van der Waals surface area contributed by atoms with E-state index in [2.05, 4.69) is 54.6 Å². The largest absolute Gasteiger partial charge is 0.464 e. The van der Waals surface area contributed by atoms with Crippen molar-refractivity contribution in [3.63, 3.8) is 0 Å². The highest BCUT2D eigenvalue weighted by Gasteiger charge is 2.41. The van der Waals surface area contributed by atoms with Gasteiger partial charge in [0.2, 0.25) is 6.23 Å². The summed E-state index contributed by atoms with van der Waals surface area (Å²) < 4.78 is 6.44. The van der Waals surface area contributed by atoms with Crippen molar-refractivity contribution in [3.05, 3.63) is 86.1 Å². The highest BCUT2D eigenvalue weighted by Crippen LogP contribution is 2.48. The molecule has 3 nitrogen and oxygen atoms in total. The van der Waals surface area contributed by atoms with Crippen LogP contribution < -0.4 is 4.74 Å². The minimum absolute atomic E-state index is 0.134. The number of hydrogen-bond donors (Lipinski definition) is 0. The molecule has 5 heteroatoms. The Bertz CT molecular complexity index is 1040. The quantitative estimate of drug-likeness (QED) is 0.512. The summed E-state index contributed by atoms with van der Waals surface area (Å²) in [7, 11) is 0. The maximum absolute atomic E-state index is 6.44. The Morgan fingerprint density at radius 3 is 2.78 bits per heavy atom. The summed E-state index contributed by atoms with van der Waals surface area (Å²) in [6, 6.07) is 16.7. The maximum atomic E-state index is 6.44. The number of ether oxygens (including phenoxy) is 1. The molecule has 0 saturated heterocycles. The van der Waals surface area contributed by atoms with Gasteiger partial charge in [-0.1, -0.05) is 41.4 Å². The lowest BCUT2D eigenvalue weighted by Gasteiger charge is -2.38. The average Bonchev–Trinajstić information content (AvgIpc) is 3.31. The number of aryl methyl sites for hydroxylation is 2. The fourth-order valence-electron chi connectivity index (χ4n) is 3.96. The normalized spacial score (nSPS) is 20.7. The first-order chi connectivity index (χ1) is 13.1. The lowest BCUT2D eigenvalue weighted by atomic mass is 9.96. The summed E-state index contributed by atoms with van der Waals surface area (Å²) in [6.45, 7) is 4.25. The van der Waals surface area contributed by atoms with Crippen molar-refractivity contribution < 1.29 is 4.74 Å². The third-order valence-corrected chi connectivity index (χ3v) is 6.40. The van der Waals surface area contributed by atoms with E-state index < -0.39 is 0 Å². The van der Waals surface area contributed by atoms with Crippen LogP contribution in [0.2, 0.25) is 5.02 Å². The van der Waals surface area contributed by atoms with Gasteiger partial charge >= 0.3 is 0 Å². The zero-order valence-electron chi connectivity index (χ0n) is 15.1. The van der Waals surface area contributed by atoms with Gasteiger partial charge in [-0.2, -0.15) is 5.10 Å². The molecule has 1 aromatic heterocycles. The number of benzene rings is 2. The molecule has 2 atom stereocenters. The van der Waals surface area contributed by atoms with Crippen LogP contribution in [0.1, 0.15) is 45.8 Å². The van der Waals surface area contributed by atoms with E-state index in [1.54, 1.807) is 11.3 Å². The maximum Gasteiger partial charge on any atom is 0.214 e. The van der Waals surface area contributed by atoms with Gasteiger partial charge in [-0.05, 0) is 49.1 Å². The van der Waals surface area contributed by atoms with Crippen molar-refractivity contribution >= 4 is 28.6 Å². The van der Waals surface area contributed by atoms with Gasteiger partial charge in [-0.15, -0.1) is 11.3 Å². The molecule has 0 fully saturated rings. The number of rotatable bonds is 2. The molecule has 27 heavy (non-hydrogen) atoms. The van der Waals surface area contributed by atoms with Gasteiger partial charge in [0.1, 0.15) is 5.75 Å². The Balaban J connectivity index is 1.64. The number of thiophene rings is 1. The number of nitrogens with zero attached hydrogens (tertiary/aromatic N) is 2. The van der Waals surface area contributed by atoms with Gasteiger partial charge in [0.15, 0.2) is 0 Å². The lowest BCUT2D eigenvalue weighted by Crippen LogP contribution is -2.34. The standard InChI is InChI=1S/C22H19ClN2OS/c1-13-5-7-16(14(2)10-13)22-25-19(12-18(24-25)21-4-3-9-27-21)17-11-15(23)6-8-20(17)26-22/h3-11,19,22H,12H2,1-2H3/t19-,22-/m0/s1. The first kappa shape index (κ1) is 16.8. The number of halogens is 1. The van der Waals surface area contributed by atoms with Crippen LogP contribution in [0.5, 0.6) is 5.75 Å². The van der Waals surface area contributed by atoms with Crippen LogP contribution in [-0.4, -0.2) is 10.7 Å². The summed E-state index contributed by atoms with van der Waals surface area (Å²) in [5.41, 5.74) is 5.85. The summed E-state index contributed by atoms with van der Waals surface area (Å²) in [4.78, 5) is 1.22. The molecular formula is C22H19ClN2OS. The molecule has 2 aromatic carbocycles.